The van der Waals surface area contributed by atoms with Crippen LogP contribution in [0.1, 0.15) is 400 Å². The summed E-state index contributed by atoms with van der Waals surface area (Å²) in [6.45, 7) is 6.68. The van der Waals surface area contributed by atoms with E-state index in [4.69, 9.17) is 14.2 Å². The molecule has 6 nitrogen and oxygen atoms in total. The Morgan fingerprint density at radius 2 is 0.439 bits per heavy atom. The highest BCUT2D eigenvalue weighted by atomic mass is 16.6. The number of ether oxygens (including phenoxy) is 3. The molecule has 0 amide bonds. The van der Waals surface area contributed by atoms with Gasteiger partial charge in [0.25, 0.3) is 0 Å². The first kappa shape index (κ1) is 79.4. The van der Waals surface area contributed by atoms with E-state index in [-0.39, 0.29) is 31.1 Å². The summed E-state index contributed by atoms with van der Waals surface area (Å²) in [5, 5.41) is 0. The van der Waals surface area contributed by atoms with E-state index >= 15 is 0 Å². The van der Waals surface area contributed by atoms with Crippen LogP contribution in [0.15, 0.2) is 48.6 Å². The van der Waals surface area contributed by atoms with E-state index in [1.807, 2.05) is 0 Å². The SMILES string of the molecule is CCCCC/C=C\C/C=C\CCCCCCCCCCCC(=O)OCC(COC(=O)CCCCCCCCCCCCC/C=C\C/C=C\CCCCCCC)OC(=O)CCCCCCCCCCCCCCCCCCCCCCCC. The molecular weight excluding hydrogens is 1010 g/mol. The van der Waals surface area contributed by atoms with E-state index in [0.717, 1.165) is 70.6 Å². The largest absolute Gasteiger partial charge is 0.462 e. The Morgan fingerprint density at radius 3 is 0.695 bits per heavy atom. The highest BCUT2D eigenvalue weighted by molar-refractivity contribution is 5.71. The van der Waals surface area contributed by atoms with E-state index in [0.29, 0.717) is 19.3 Å². The van der Waals surface area contributed by atoms with E-state index in [1.165, 1.54) is 289 Å². The van der Waals surface area contributed by atoms with Gasteiger partial charge in [0.1, 0.15) is 13.2 Å². The molecule has 0 rings (SSSR count). The van der Waals surface area contributed by atoms with Crippen molar-refractivity contribution >= 4 is 17.9 Å². The number of carbonyl (C=O) groups excluding carboxylic acids is 3. The summed E-state index contributed by atoms with van der Waals surface area (Å²) < 4.78 is 17.0. The maximum absolute atomic E-state index is 13.0. The lowest BCUT2D eigenvalue weighted by Gasteiger charge is -2.18. The van der Waals surface area contributed by atoms with Crippen molar-refractivity contribution in [1.82, 2.24) is 0 Å². The summed E-state index contributed by atoms with van der Waals surface area (Å²) in [7, 11) is 0. The number of unbranched alkanes of at least 4 members (excludes halogenated alkanes) is 49. The van der Waals surface area contributed by atoms with Gasteiger partial charge in [-0.3, -0.25) is 14.4 Å². The van der Waals surface area contributed by atoms with Crippen LogP contribution in [0, 0.1) is 0 Å². The predicted octanol–water partition coefficient (Wildman–Crippen LogP) is 25.3. The number of carbonyl (C=O) groups is 3. The summed E-state index contributed by atoms with van der Waals surface area (Å²) in [5.41, 5.74) is 0. The standard InChI is InChI=1S/C76H140O6/c1-4-7-10-13-16-19-22-25-28-31-34-36-38-40-42-45-48-51-54-57-60-63-66-69-75(78)81-72-73(71-80-74(77)68-65-62-59-56-53-50-47-44-41-33-30-27-24-21-18-15-12-9-6-3)82-76(79)70-67-64-61-58-55-52-49-46-43-39-37-35-32-29-26-23-20-17-14-11-8-5-2/h18,21-22,25,27,30-31,34,73H,4-17,19-20,23-24,26,28-29,32-33,35-72H2,1-3H3/b21-18-,25-22-,30-27-,34-31-. The van der Waals surface area contributed by atoms with Crippen molar-refractivity contribution in [1.29, 1.82) is 0 Å². The molecule has 0 N–H and O–H groups in total. The van der Waals surface area contributed by atoms with E-state index in [2.05, 4.69) is 69.4 Å². The monoisotopic (exact) mass is 1150 g/mol. The zero-order valence-electron chi connectivity index (χ0n) is 55.3. The molecular formula is C76H140O6. The molecule has 0 heterocycles. The minimum atomic E-state index is -0.776. The first-order chi connectivity index (χ1) is 40.5. The van der Waals surface area contributed by atoms with Crippen molar-refractivity contribution in [3.63, 3.8) is 0 Å². The van der Waals surface area contributed by atoms with Crippen molar-refractivity contribution < 1.29 is 28.6 Å². The number of hydrogen-bond donors (Lipinski definition) is 0. The molecule has 0 spiro atoms. The van der Waals surface area contributed by atoms with Crippen LogP contribution in [0.5, 0.6) is 0 Å². The zero-order chi connectivity index (χ0) is 59.2. The van der Waals surface area contributed by atoms with E-state index < -0.39 is 6.10 Å². The lowest BCUT2D eigenvalue weighted by atomic mass is 10.0. The summed E-state index contributed by atoms with van der Waals surface area (Å²) in [5.74, 6) is -0.847. The summed E-state index contributed by atoms with van der Waals surface area (Å²) in [6.07, 6.45) is 89.9. The second kappa shape index (κ2) is 70.9. The zero-order valence-corrected chi connectivity index (χ0v) is 55.3. The number of hydrogen-bond acceptors (Lipinski definition) is 6. The van der Waals surface area contributed by atoms with Crippen LogP contribution < -0.4 is 0 Å². The molecule has 1 unspecified atom stereocenters. The number of esters is 3. The van der Waals surface area contributed by atoms with Crippen LogP contribution in [-0.4, -0.2) is 37.2 Å². The molecule has 0 aromatic carbocycles. The molecule has 480 valence electrons. The summed E-state index contributed by atoms with van der Waals surface area (Å²) in [6, 6.07) is 0. The molecule has 6 heteroatoms. The van der Waals surface area contributed by atoms with E-state index in [1.54, 1.807) is 0 Å². The Bertz CT molecular complexity index is 1410. The summed E-state index contributed by atoms with van der Waals surface area (Å²) in [4.78, 5) is 38.5. The van der Waals surface area contributed by atoms with Gasteiger partial charge in [-0.2, -0.15) is 0 Å². The lowest BCUT2D eigenvalue weighted by molar-refractivity contribution is -0.167. The van der Waals surface area contributed by atoms with Gasteiger partial charge in [0.2, 0.25) is 0 Å². The van der Waals surface area contributed by atoms with Crippen LogP contribution in [0.25, 0.3) is 0 Å². The molecule has 0 aliphatic heterocycles. The van der Waals surface area contributed by atoms with Gasteiger partial charge in [-0.05, 0) is 83.5 Å². The van der Waals surface area contributed by atoms with Gasteiger partial charge in [0.05, 0.1) is 0 Å². The van der Waals surface area contributed by atoms with Crippen LogP contribution in [-0.2, 0) is 28.6 Å². The highest BCUT2D eigenvalue weighted by Crippen LogP contribution is 2.18. The number of allylic oxidation sites excluding steroid dienone is 8. The van der Waals surface area contributed by atoms with Gasteiger partial charge in [0.15, 0.2) is 6.10 Å². The fraction of sp³-hybridized carbons (Fsp3) is 0.855. The molecule has 0 bridgehead atoms. The van der Waals surface area contributed by atoms with Crippen molar-refractivity contribution in [3.8, 4) is 0 Å². The van der Waals surface area contributed by atoms with Crippen molar-refractivity contribution in [3.05, 3.63) is 48.6 Å². The third-order valence-electron chi connectivity index (χ3n) is 16.6. The number of rotatable bonds is 68. The summed E-state index contributed by atoms with van der Waals surface area (Å²) >= 11 is 0. The molecule has 82 heavy (non-hydrogen) atoms. The normalized spacial score (nSPS) is 12.3. The molecule has 1 atom stereocenters. The molecule has 0 aromatic heterocycles. The predicted molar refractivity (Wildman–Crippen MR) is 358 cm³/mol. The van der Waals surface area contributed by atoms with Crippen LogP contribution >= 0.6 is 0 Å². The fourth-order valence-electron chi connectivity index (χ4n) is 11.0. The third kappa shape index (κ3) is 68.2. The van der Waals surface area contributed by atoms with Crippen molar-refractivity contribution in [2.24, 2.45) is 0 Å². The quantitative estimate of drug-likeness (QED) is 0.0261. The van der Waals surface area contributed by atoms with Gasteiger partial charge < -0.3 is 14.2 Å². The minimum absolute atomic E-state index is 0.0710. The van der Waals surface area contributed by atoms with Crippen LogP contribution in [0.4, 0.5) is 0 Å². The highest BCUT2D eigenvalue weighted by Gasteiger charge is 2.19. The smallest absolute Gasteiger partial charge is 0.306 e. The Kier molecular flexibility index (Phi) is 68.6. The molecule has 0 fully saturated rings. The molecule has 0 aliphatic carbocycles. The minimum Gasteiger partial charge on any atom is -0.462 e. The molecule has 0 saturated carbocycles. The first-order valence-electron chi connectivity index (χ1n) is 36.6. The first-order valence-corrected chi connectivity index (χ1v) is 36.6. The van der Waals surface area contributed by atoms with Crippen LogP contribution in [0.3, 0.4) is 0 Å². The average Bonchev–Trinajstić information content (AvgIpc) is 3.47. The van der Waals surface area contributed by atoms with Gasteiger partial charge in [0, 0.05) is 19.3 Å². The maximum atomic E-state index is 13.0. The molecule has 0 aromatic rings. The Balaban J connectivity index is 4.32. The third-order valence-corrected chi connectivity index (χ3v) is 16.6. The second-order valence-corrected chi connectivity index (χ2v) is 24.9. The second-order valence-electron chi connectivity index (χ2n) is 24.9. The Morgan fingerprint density at radius 1 is 0.244 bits per heavy atom. The van der Waals surface area contributed by atoms with Gasteiger partial charge >= 0.3 is 17.9 Å². The Hall–Kier alpha value is -2.63. The van der Waals surface area contributed by atoms with Crippen molar-refractivity contribution in [2.45, 2.75) is 406 Å². The molecule has 0 radical (unpaired) electrons. The molecule has 0 saturated heterocycles. The topological polar surface area (TPSA) is 78.9 Å². The maximum Gasteiger partial charge on any atom is 0.306 e. The Labute approximate surface area is 511 Å². The van der Waals surface area contributed by atoms with Crippen molar-refractivity contribution in [2.75, 3.05) is 13.2 Å². The van der Waals surface area contributed by atoms with E-state index in [9.17, 15) is 14.4 Å². The average molecular weight is 1150 g/mol. The fourth-order valence-corrected chi connectivity index (χ4v) is 11.0. The van der Waals surface area contributed by atoms with Gasteiger partial charge in [-0.15, -0.1) is 0 Å². The van der Waals surface area contributed by atoms with Gasteiger partial charge in [-0.25, -0.2) is 0 Å². The van der Waals surface area contributed by atoms with Crippen LogP contribution in [0.2, 0.25) is 0 Å². The van der Waals surface area contributed by atoms with Gasteiger partial charge in [-0.1, -0.05) is 345 Å². The lowest BCUT2D eigenvalue weighted by Crippen LogP contribution is -2.30. The molecule has 0 aliphatic rings.